The molecule has 0 radical (unpaired) electrons. The molecule has 0 aliphatic carbocycles. The number of para-hydroxylation sites is 2. The molecule has 6 nitrogen and oxygen atoms in total. The highest BCUT2D eigenvalue weighted by atomic mass is 16.2. The predicted octanol–water partition coefficient (Wildman–Crippen LogP) is 3.50. The first-order chi connectivity index (χ1) is 13.6. The fraction of sp³-hybridized carbons (Fsp3) is 0.0909. The molecule has 0 spiro atoms. The molecule has 28 heavy (non-hydrogen) atoms. The molecular formula is C22H16N4O2. The second-order valence-electron chi connectivity index (χ2n) is 7.13. The van der Waals surface area contributed by atoms with E-state index in [1.165, 1.54) is 0 Å². The van der Waals surface area contributed by atoms with E-state index < -0.39 is 0 Å². The van der Waals surface area contributed by atoms with Crippen molar-refractivity contribution in [3.8, 4) is 0 Å². The van der Waals surface area contributed by atoms with E-state index >= 15 is 0 Å². The number of nitrogens with one attached hydrogen (secondary N) is 2. The van der Waals surface area contributed by atoms with Crippen LogP contribution in [0.15, 0.2) is 48.5 Å². The predicted molar refractivity (Wildman–Crippen MR) is 111 cm³/mol. The number of hydrogen-bond acceptors (Lipinski definition) is 3. The Bertz CT molecular complexity index is 1520. The van der Waals surface area contributed by atoms with Crippen molar-refractivity contribution in [3.63, 3.8) is 0 Å². The quantitative estimate of drug-likeness (QED) is 0.445. The molecule has 0 bridgehead atoms. The van der Waals surface area contributed by atoms with Gasteiger partial charge in [-0.3, -0.25) is 19.6 Å². The second kappa shape index (κ2) is 4.92. The fourth-order valence-corrected chi connectivity index (χ4v) is 4.81. The monoisotopic (exact) mass is 368 g/mol. The van der Waals surface area contributed by atoms with Crippen LogP contribution >= 0.6 is 0 Å². The summed E-state index contributed by atoms with van der Waals surface area (Å²) >= 11 is 0. The lowest BCUT2D eigenvalue weighted by Crippen LogP contribution is -2.20. The summed E-state index contributed by atoms with van der Waals surface area (Å²) in [6.45, 7) is 0. The van der Waals surface area contributed by atoms with Gasteiger partial charge in [-0.05, 0) is 12.1 Å². The maximum atomic E-state index is 12.8. The van der Waals surface area contributed by atoms with Gasteiger partial charge in [0.25, 0.3) is 11.8 Å². The summed E-state index contributed by atoms with van der Waals surface area (Å²) in [4.78, 5) is 25.7. The number of nitrogens with zero attached hydrogens (tertiary/aromatic N) is 2. The van der Waals surface area contributed by atoms with Gasteiger partial charge in [-0.2, -0.15) is 0 Å². The zero-order valence-corrected chi connectivity index (χ0v) is 15.3. The van der Waals surface area contributed by atoms with Crippen LogP contribution in [-0.4, -0.2) is 28.1 Å². The van der Waals surface area contributed by atoms with Crippen molar-refractivity contribution in [1.82, 2.24) is 14.6 Å². The molecular weight excluding hydrogens is 352 g/mol. The van der Waals surface area contributed by atoms with Gasteiger partial charge in [-0.15, -0.1) is 0 Å². The number of amides is 2. The minimum atomic E-state index is -0.334. The smallest absolute Gasteiger partial charge is 0.259 e. The Balaban J connectivity index is 2.09. The fourth-order valence-electron chi connectivity index (χ4n) is 4.81. The standard InChI is InChI=1S/C22H16N4O2/c1-23-26-14-10-6-4-8-12(14)16-18-17(21(27)24-22(18)28)15-11-7-3-5-9-13(11)25(2)19(15)20(16)26/h3-10,23H,1-2H3,(H,24,27,28). The minimum Gasteiger partial charge on any atom is -0.342 e. The van der Waals surface area contributed by atoms with E-state index in [0.29, 0.717) is 11.1 Å². The van der Waals surface area contributed by atoms with Crippen molar-refractivity contribution < 1.29 is 9.59 Å². The highest BCUT2D eigenvalue weighted by Crippen LogP contribution is 2.43. The topological polar surface area (TPSA) is 68.1 Å². The van der Waals surface area contributed by atoms with Gasteiger partial charge >= 0.3 is 0 Å². The van der Waals surface area contributed by atoms with Crippen molar-refractivity contribution in [2.75, 3.05) is 12.5 Å². The van der Waals surface area contributed by atoms with E-state index in [9.17, 15) is 9.59 Å². The van der Waals surface area contributed by atoms with Crippen molar-refractivity contribution in [1.29, 1.82) is 0 Å². The maximum Gasteiger partial charge on any atom is 0.259 e. The highest BCUT2D eigenvalue weighted by Gasteiger charge is 2.36. The largest absolute Gasteiger partial charge is 0.342 e. The van der Waals surface area contributed by atoms with Gasteiger partial charge in [-0.1, -0.05) is 36.4 Å². The van der Waals surface area contributed by atoms with E-state index in [0.717, 1.165) is 43.6 Å². The number of carbonyl (C=O) groups is 2. The van der Waals surface area contributed by atoms with E-state index in [4.69, 9.17) is 0 Å². The zero-order chi connectivity index (χ0) is 19.2. The molecule has 0 atom stereocenters. The first kappa shape index (κ1) is 15.3. The summed E-state index contributed by atoms with van der Waals surface area (Å²) in [5.74, 6) is -0.664. The molecule has 0 fully saturated rings. The Morgan fingerprint density at radius 1 is 0.786 bits per heavy atom. The van der Waals surface area contributed by atoms with Crippen LogP contribution in [0.25, 0.3) is 43.6 Å². The third-order valence-corrected chi connectivity index (χ3v) is 5.86. The van der Waals surface area contributed by atoms with E-state index in [2.05, 4.69) is 15.3 Å². The number of aromatic nitrogens is 2. The molecule has 2 aromatic heterocycles. The van der Waals surface area contributed by atoms with Crippen molar-refractivity contribution in [3.05, 3.63) is 59.7 Å². The Morgan fingerprint density at radius 3 is 1.96 bits per heavy atom. The molecule has 0 saturated heterocycles. The molecule has 136 valence electrons. The van der Waals surface area contributed by atoms with Crippen LogP contribution in [0, 0.1) is 0 Å². The average Bonchev–Trinajstić information content (AvgIpc) is 3.30. The van der Waals surface area contributed by atoms with Crippen LogP contribution in [0.2, 0.25) is 0 Å². The van der Waals surface area contributed by atoms with Crippen LogP contribution in [-0.2, 0) is 7.05 Å². The average molecular weight is 368 g/mol. The van der Waals surface area contributed by atoms with Crippen LogP contribution in [0.1, 0.15) is 20.7 Å². The van der Waals surface area contributed by atoms with E-state index in [1.54, 1.807) is 0 Å². The van der Waals surface area contributed by atoms with Crippen LogP contribution in [0.4, 0.5) is 0 Å². The molecule has 1 aliphatic heterocycles. The van der Waals surface area contributed by atoms with Crippen LogP contribution in [0.5, 0.6) is 0 Å². The lowest BCUT2D eigenvalue weighted by Gasteiger charge is -2.10. The summed E-state index contributed by atoms with van der Waals surface area (Å²) in [5.41, 5.74) is 8.03. The summed E-state index contributed by atoms with van der Waals surface area (Å²) < 4.78 is 4.11. The molecule has 5 aromatic rings. The Hall–Kier alpha value is -3.80. The summed E-state index contributed by atoms with van der Waals surface area (Å²) in [7, 11) is 3.86. The van der Waals surface area contributed by atoms with Crippen molar-refractivity contribution in [2.24, 2.45) is 7.05 Å². The Labute approximate surface area is 159 Å². The summed E-state index contributed by atoms with van der Waals surface area (Å²) in [6.07, 6.45) is 0. The summed E-state index contributed by atoms with van der Waals surface area (Å²) in [6, 6.07) is 15.9. The van der Waals surface area contributed by atoms with E-state index in [1.807, 2.05) is 67.3 Å². The maximum absolute atomic E-state index is 12.8. The number of fused-ring (bicyclic) bond motifs is 10. The Kier molecular flexibility index (Phi) is 2.69. The third-order valence-electron chi connectivity index (χ3n) is 5.86. The van der Waals surface area contributed by atoms with Gasteiger partial charge in [0.05, 0.1) is 27.7 Å². The normalized spacial score (nSPS) is 13.8. The lowest BCUT2D eigenvalue weighted by atomic mass is 9.97. The highest BCUT2D eigenvalue weighted by molar-refractivity contribution is 6.39. The van der Waals surface area contributed by atoms with Crippen molar-refractivity contribution >= 4 is 55.4 Å². The van der Waals surface area contributed by atoms with Gasteiger partial charge in [0.15, 0.2) is 0 Å². The molecule has 3 heterocycles. The number of hydrogen-bond donors (Lipinski definition) is 2. The molecule has 6 rings (SSSR count). The third kappa shape index (κ3) is 1.55. The van der Waals surface area contributed by atoms with Crippen molar-refractivity contribution in [2.45, 2.75) is 0 Å². The lowest BCUT2D eigenvalue weighted by molar-refractivity contribution is 0.0880. The van der Waals surface area contributed by atoms with Crippen LogP contribution < -0.4 is 10.7 Å². The van der Waals surface area contributed by atoms with Gasteiger partial charge in [0.2, 0.25) is 0 Å². The SMILES string of the molecule is CNn1c2ccccc2c2c3c(c4c5ccccc5n(C)c4c21)C(=O)NC3=O. The molecule has 2 N–H and O–H groups in total. The van der Waals surface area contributed by atoms with Gasteiger partial charge in [0, 0.05) is 41.2 Å². The number of aryl methyl sites for hydroxylation is 1. The molecule has 3 aromatic carbocycles. The Morgan fingerprint density at radius 2 is 1.32 bits per heavy atom. The number of rotatable bonds is 1. The first-order valence-corrected chi connectivity index (χ1v) is 9.13. The number of imide groups is 1. The minimum absolute atomic E-state index is 0.329. The number of carbonyl (C=O) groups excluding carboxylic acids is 2. The molecule has 2 amide bonds. The van der Waals surface area contributed by atoms with Crippen LogP contribution in [0.3, 0.4) is 0 Å². The molecule has 0 unspecified atom stereocenters. The van der Waals surface area contributed by atoms with Gasteiger partial charge in [-0.25, -0.2) is 0 Å². The van der Waals surface area contributed by atoms with Gasteiger partial charge < -0.3 is 9.99 Å². The van der Waals surface area contributed by atoms with E-state index in [-0.39, 0.29) is 11.8 Å². The summed E-state index contributed by atoms with van der Waals surface area (Å²) in [5, 5.41) is 6.06. The zero-order valence-electron chi connectivity index (χ0n) is 15.3. The molecule has 6 heteroatoms. The second-order valence-corrected chi connectivity index (χ2v) is 7.13. The first-order valence-electron chi connectivity index (χ1n) is 9.13. The van der Waals surface area contributed by atoms with Gasteiger partial charge in [0.1, 0.15) is 0 Å². The molecule has 0 saturated carbocycles. The molecule has 1 aliphatic rings. The number of benzene rings is 3.